The Kier molecular flexibility index (Phi) is 4.36. The summed E-state index contributed by atoms with van der Waals surface area (Å²) in [6.45, 7) is 0.875. The van der Waals surface area contributed by atoms with Gasteiger partial charge in [-0.05, 0) is 37.8 Å². The summed E-state index contributed by atoms with van der Waals surface area (Å²) < 4.78 is 1.08. The van der Waals surface area contributed by atoms with E-state index in [2.05, 4.69) is 10.3 Å². The molecule has 0 bridgehead atoms. The van der Waals surface area contributed by atoms with Crippen molar-refractivity contribution >= 4 is 32.7 Å². The van der Waals surface area contributed by atoms with Crippen molar-refractivity contribution in [3.8, 4) is 0 Å². The molecule has 112 valence electrons. The van der Waals surface area contributed by atoms with Crippen LogP contribution in [0.2, 0.25) is 0 Å². The van der Waals surface area contributed by atoms with Gasteiger partial charge in [-0.1, -0.05) is 23.5 Å². The number of hydrogen-bond donors (Lipinski definition) is 2. The predicted octanol–water partition coefficient (Wildman–Crippen LogP) is 3.07. The number of aromatic nitrogens is 1. The van der Waals surface area contributed by atoms with Gasteiger partial charge < -0.3 is 10.0 Å². The van der Waals surface area contributed by atoms with Crippen molar-refractivity contribution in [3.63, 3.8) is 0 Å². The van der Waals surface area contributed by atoms with Gasteiger partial charge in [0, 0.05) is 19.2 Å². The molecule has 2 aromatic rings. The summed E-state index contributed by atoms with van der Waals surface area (Å²) in [6.07, 6.45) is 3.72. The molecular formula is C15H19N3O2S. The molecule has 1 fully saturated rings. The van der Waals surface area contributed by atoms with Gasteiger partial charge in [0.25, 0.3) is 0 Å². The van der Waals surface area contributed by atoms with E-state index in [-0.39, 0.29) is 12.6 Å². The maximum atomic E-state index is 12.4. The molecule has 1 saturated carbocycles. The van der Waals surface area contributed by atoms with Gasteiger partial charge in [0.1, 0.15) is 0 Å². The fraction of sp³-hybridized carbons (Fsp3) is 0.467. The summed E-state index contributed by atoms with van der Waals surface area (Å²) in [4.78, 5) is 18.7. The normalized spacial score (nSPS) is 14.3. The second kappa shape index (κ2) is 6.41. The van der Waals surface area contributed by atoms with Crippen LogP contribution in [0.3, 0.4) is 0 Å². The van der Waals surface area contributed by atoms with E-state index in [1.807, 2.05) is 29.2 Å². The Hall–Kier alpha value is -1.66. The first kappa shape index (κ1) is 14.3. The molecule has 1 aromatic carbocycles. The molecule has 0 aliphatic heterocycles. The van der Waals surface area contributed by atoms with Crippen LogP contribution in [0.1, 0.15) is 25.7 Å². The van der Waals surface area contributed by atoms with E-state index in [1.54, 1.807) is 0 Å². The fourth-order valence-corrected chi connectivity index (χ4v) is 3.17. The molecule has 2 N–H and O–H groups in total. The highest BCUT2D eigenvalue weighted by atomic mass is 32.1. The van der Waals surface area contributed by atoms with E-state index < -0.39 is 0 Å². The van der Waals surface area contributed by atoms with Gasteiger partial charge in [0.15, 0.2) is 5.13 Å². The average Bonchev–Trinajstić information content (AvgIpc) is 3.23. The molecule has 0 spiro atoms. The van der Waals surface area contributed by atoms with Crippen LogP contribution in [0, 0.1) is 0 Å². The largest absolute Gasteiger partial charge is 0.396 e. The second-order valence-electron chi connectivity index (χ2n) is 5.27. The molecule has 0 radical (unpaired) electrons. The van der Waals surface area contributed by atoms with Crippen LogP contribution in [0.5, 0.6) is 0 Å². The second-order valence-corrected chi connectivity index (χ2v) is 6.30. The summed E-state index contributed by atoms with van der Waals surface area (Å²) in [6, 6.07) is 8.15. The molecule has 6 heteroatoms. The maximum Gasteiger partial charge on any atom is 0.323 e. The third kappa shape index (κ3) is 3.51. The van der Waals surface area contributed by atoms with Crippen LogP contribution in [-0.4, -0.2) is 40.2 Å². The summed E-state index contributed by atoms with van der Waals surface area (Å²) in [5.74, 6) is 0. The van der Waals surface area contributed by atoms with E-state index in [0.29, 0.717) is 17.7 Å². The number of urea groups is 1. The standard InChI is InChI=1S/C15H19N3O2S/c19-10-4-3-9-18(11-7-8-11)15(20)17-14-16-12-5-1-2-6-13(12)21-14/h1-2,5-6,11,19H,3-4,7-10H2,(H,16,17,20). The number of amides is 2. The molecule has 2 amide bonds. The highest BCUT2D eigenvalue weighted by molar-refractivity contribution is 7.22. The number of nitrogens with one attached hydrogen (secondary N) is 1. The molecular weight excluding hydrogens is 286 g/mol. The van der Waals surface area contributed by atoms with E-state index >= 15 is 0 Å². The molecule has 0 saturated heterocycles. The van der Waals surface area contributed by atoms with Gasteiger partial charge in [-0.2, -0.15) is 0 Å². The number of carbonyl (C=O) groups excluding carboxylic acids is 1. The first-order valence-electron chi connectivity index (χ1n) is 7.32. The van der Waals surface area contributed by atoms with E-state index in [1.165, 1.54) is 11.3 Å². The molecule has 21 heavy (non-hydrogen) atoms. The Labute approximate surface area is 127 Å². The molecule has 1 aliphatic rings. The predicted molar refractivity (Wildman–Crippen MR) is 84.7 cm³/mol. The van der Waals surface area contributed by atoms with Crippen molar-refractivity contribution in [2.45, 2.75) is 31.7 Å². The van der Waals surface area contributed by atoms with E-state index in [9.17, 15) is 4.79 Å². The number of thiazole rings is 1. The molecule has 5 nitrogen and oxygen atoms in total. The Morgan fingerprint density at radius 3 is 2.90 bits per heavy atom. The molecule has 0 unspecified atom stereocenters. The first-order valence-corrected chi connectivity index (χ1v) is 8.13. The van der Waals surface area contributed by atoms with E-state index in [0.717, 1.165) is 35.9 Å². The van der Waals surface area contributed by atoms with Gasteiger partial charge >= 0.3 is 6.03 Å². The number of para-hydroxylation sites is 1. The van der Waals surface area contributed by atoms with Crippen LogP contribution in [0.25, 0.3) is 10.2 Å². The molecule has 1 heterocycles. The van der Waals surface area contributed by atoms with Crippen molar-refractivity contribution in [3.05, 3.63) is 24.3 Å². The summed E-state index contributed by atoms with van der Waals surface area (Å²) in [5, 5.41) is 12.4. The number of aliphatic hydroxyl groups is 1. The summed E-state index contributed by atoms with van der Waals surface area (Å²) in [5.41, 5.74) is 0.913. The minimum atomic E-state index is -0.0745. The van der Waals surface area contributed by atoms with Gasteiger partial charge in [-0.25, -0.2) is 9.78 Å². The number of aliphatic hydroxyl groups excluding tert-OH is 1. The third-order valence-corrected chi connectivity index (χ3v) is 4.52. The van der Waals surface area contributed by atoms with Crippen LogP contribution in [-0.2, 0) is 0 Å². The zero-order valence-corrected chi connectivity index (χ0v) is 12.6. The van der Waals surface area contributed by atoms with Gasteiger partial charge in [-0.3, -0.25) is 5.32 Å². The lowest BCUT2D eigenvalue weighted by Crippen LogP contribution is -2.37. The van der Waals surface area contributed by atoms with Gasteiger partial charge in [-0.15, -0.1) is 0 Å². The monoisotopic (exact) mass is 305 g/mol. The zero-order valence-electron chi connectivity index (χ0n) is 11.8. The van der Waals surface area contributed by atoms with Crippen LogP contribution >= 0.6 is 11.3 Å². The highest BCUT2D eigenvalue weighted by Gasteiger charge is 2.32. The van der Waals surface area contributed by atoms with Crippen molar-refractivity contribution in [1.29, 1.82) is 0 Å². The fourth-order valence-electron chi connectivity index (χ4n) is 2.32. The summed E-state index contributed by atoms with van der Waals surface area (Å²) >= 11 is 1.49. The topological polar surface area (TPSA) is 65.5 Å². The molecule has 0 atom stereocenters. The number of anilines is 1. The van der Waals surface area contributed by atoms with Crippen molar-refractivity contribution < 1.29 is 9.90 Å². The van der Waals surface area contributed by atoms with Crippen molar-refractivity contribution in [1.82, 2.24) is 9.88 Å². The highest BCUT2D eigenvalue weighted by Crippen LogP contribution is 2.29. The Balaban J connectivity index is 1.65. The lowest BCUT2D eigenvalue weighted by molar-refractivity contribution is 0.204. The minimum Gasteiger partial charge on any atom is -0.396 e. The van der Waals surface area contributed by atoms with Gasteiger partial charge in [0.2, 0.25) is 0 Å². The number of nitrogens with zero attached hydrogens (tertiary/aromatic N) is 2. The number of rotatable bonds is 6. The summed E-state index contributed by atoms with van der Waals surface area (Å²) in [7, 11) is 0. The average molecular weight is 305 g/mol. The molecule has 3 rings (SSSR count). The number of fused-ring (bicyclic) bond motifs is 1. The quantitative estimate of drug-likeness (QED) is 0.806. The Morgan fingerprint density at radius 1 is 1.38 bits per heavy atom. The van der Waals surface area contributed by atoms with Crippen LogP contribution < -0.4 is 5.32 Å². The van der Waals surface area contributed by atoms with Crippen molar-refractivity contribution in [2.24, 2.45) is 0 Å². The number of carbonyl (C=O) groups is 1. The smallest absolute Gasteiger partial charge is 0.323 e. The number of hydrogen-bond acceptors (Lipinski definition) is 4. The van der Waals surface area contributed by atoms with Crippen LogP contribution in [0.4, 0.5) is 9.93 Å². The Bertz CT molecular complexity index is 591. The van der Waals surface area contributed by atoms with E-state index in [4.69, 9.17) is 5.11 Å². The van der Waals surface area contributed by atoms with Crippen LogP contribution in [0.15, 0.2) is 24.3 Å². The third-order valence-electron chi connectivity index (χ3n) is 3.56. The molecule has 1 aromatic heterocycles. The zero-order chi connectivity index (χ0) is 14.7. The Morgan fingerprint density at radius 2 is 2.19 bits per heavy atom. The number of unbranched alkanes of at least 4 members (excludes halogenated alkanes) is 1. The van der Waals surface area contributed by atoms with Gasteiger partial charge in [0.05, 0.1) is 10.2 Å². The number of benzene rings is 1. The first-order chi connectivity index (χ1) is 10.3. The SMILES string of the molecule is O=C(Nc1nc2ccccc2s1)N(CCCCO)C1CC1. The lowest BCUT2D eigenvalue weighted by Gasteiger charge is -2.21. The molecule has 1 aliphatic carbocycles. The maximum absolute atomic E-state index is 12.4. The van der Waals surface area contributed by atoms with Crippen molar-refractivity contribution in [2.75, 3.05) is 18.5 Å². The lowest BCUT2D eigenvalue weighted by atomic mass is 10.3. The minimum absolute atomic E-state index is 0.0745.